The van der Waals surface area contributed by atoms with Crippen LogP contribution in [0.25, 0.3) is 0 Å². The van der Waals surface area contributed by atoms with E-state index in [-0.39, 0.29) is 17.9 Å². The van der Waals surface area contributed by atoms with E-state index in [0.29, 0.717) is 13.2 Å². The molecule has 23 heavy (non-hydrogen) atoms. The third kappa shape index (κ3) is 3.42. The lowest BCUT2D eigenvalue weighted by atomic mass is 9.96. The minimum absolute atomic E-state index is 0.112. The second-order valence-corrected chi connectivity index (χ2v) is 5.87. The molecule has 0 aromatic carbocycles. The number of amides is 1. The molecule has 2 aromatic rings. The molecule has 2 atom stereocenters. The Morgan fingerprint density at radius 3 is 3.04 bits per heavy atom. The lowest BCUT2D eigenvalue weighted by Crippen LogP contribution is -2.33. The number of nitrogens with zero attached hydrogens (tertiary/aromatic N) is 4. The molecule has 0 aliphatic carbocycles. The van der Waals surface area contributed by atoms with E-state index >= 15 is 0 Å². The van der Waals surface area contributed by atoms with Crippen LogP contribution >= 0.6 is 0 Å². The molecular weight excluding hydrogens is 292 g/mol. The number of rotatable bonds is 5. The summed E-state index contributed by atoms with van der Waals surface area (Å²) in [6.07, 6.45) is 7.85. The predicted molar refractivity (Wildman–Crippen MR) is 85.4 cm³/mol. The Morgan fingerprint density at radius 2 is 2.35 bits per heavy atom. The first-order chi connectivity index (χ1) is 11.2. The second kappa shape index (κ2) is 6.91. The Labute approximate surface area is 136 Å². The van der Waals surface area contributed by atoms with Gasteiger partial charge >= 0.3 is 0 Å². The molecule has 3 heterocycles. The minimum Gasteiger partial charge on any atom is -0.373 e. The van der Waals surface area contributed by atoms with Gasteiger partial charge in [-0.15, -0.1) is 0 Å². The van der Waals surface area contributed by atoms with Gasteiger partial charge in [0.05, 0.1) is 18.2 Å². The molecule has 6 nitrogen and oxygen atoms in total. The number of pyridine rings is 1. The first kappa shape index (κ1) is 15.7. The molecule has 0 radical (unpaired) electrons. The Kier molecular flexibility index (Phi) is 4.71. The molecule has 1 amide bonds. The highest BCUT2D eigenvalue weighted by molar-refractivity contribution is 5.79. The van der Waals surface area contributed by atoms with Crippen molar-refractivity contribution in [2.75, 3.05) is 13.7 Å². The van der Waals surface area contributed by atoms with Gasteiger partial charge in [0, 0.05) is 50.9 Å². The van der Waals surface area contributed by atoms with Crippen LogP contribution < -0.4 is 0 Å². The zero-order chi connectivity index (χ0) is 16.2. The summed E-state index contributed by atoms with van der Waals surface area (Å²) in [4.78, 5) is 18.7. The van der Waals surface area contributed by atoms with Crippen LogP contribution in [0.4, 0.5) is 0 Å². The van der Waals surface area contributed by atoms with Crippen molar-refractivity contribution in [1.82, 2.24) is 19.7 Å². The van der Waals surface area contributed by atoms with Crippen molar-refractivity contribution in [3.8, 4) is 0 Å². The van der Waals surface area contributed by atoms with Crippen molar-refractivity contribution in [3.05, 3.63) is 48.0 Å². The van der Waals surface area contributed by atoms with Gasteiger partial charge in [0.1, 0.15) is 0 Å². The number of aryl methyl sites for hydroxylation is 1. The lowest BCUT2D eigenvalue weighted by molar-refractivity contribution is -0.136. The van der Waals surface area contributed by atoms with Crippen LogP contribution in [0.2, 0.25) is 0 Å². The molecule has 122 valence electrons. The van der Waals surface area contributed by atoms with E-state index in [0.717, 1.165) is 24.1 Å². The molecule has 0 unspecified atom stereocenters. The summed E-state index contributed by atoms with van der Waals surface area (Å²) in [6.45, 7) is 4.02. The fourth-order valence-electron chi connectivity index (χ4n) is 3.00. The first-order valence-corrected chi connectivity index (χ1v) is 7.97. The summed E-state index contributed by atoms with van der Waals surface area (Å²) in [6, 6.07) is 3.86. The maximum Gasteiger partial charge on any atom is 0.228 e. The van der Waals surface area contributed by atoms with Crippen molar-refractivity contribution in [2.45, 2.75) is 32.5 Å². The largest absolute Gasteiger partial charge is 0.373 e. The first-order valence-electron chi connectivity index (χ1n) is 7.97. The van der Waals surface area contributed by atoms with E-state index in [2.05, 4.69) is 10.1 Å². The van der Waals surface area contributed by atoms with Gasteiger partial charge in [0.25, 0.3) is 0 Å². The fraction of sp³-hybridized carbons (Fsp3) is 0.471. The molecule has 0 spiro atoms. The molecule has 1 fully saturated rings. The SMILES string of the molecule is CCn1cc([C@H]2OCC[C@@H]2C(=O)N(C)Cc2cccnc2)cn1. The summed E-state index contributed by atoms with van der Waals surface area (Å²) in [5, 5.41) is 4.29. The second-order valence-electron chi connectivity index (χ2n) is 5.87. The Morgan fingerprint density at radius 1 is 1.48 bits per heavy atom. The quantitative estimate of drug-likeness (QED) is 0.847. The highest BCUT2D eigenvalue weighted by Gasteiger charge is 2.37. The maximum atomic E-state index is 12.8. The number of hydrogen-bond donors (Lipinski definition) is 0. The zero-order valence-corrected chi connectivity index (χ0v) is 13.6. The summed E-state index contributed by atoms with van der Waals surface area (Å²) in [5.41, 5.74) is 2.01. The van der Waals surface area contributed by atoms with E-state index in [1.807, 2.05) is 37.0 Å². The number of hydrogen-bond acceptors (Lipinski definition) is 4. The standard InChI is InChI=1S/C17H22N4O2/c1-3-21-12-14(10-19-21)16-15(6-8-23-16)17(22)20(2)11-13-5-4-7-18-9-13/h4-5,7,9-10,12,15-16H,3,6,8,11H2,1-2H3/t15-,16+/m0/s1. The molecule has 0 saturated carbocycles. The lowest BCUT2D eigenvalue weighted by Gasteiger charge is -2.23. The minimum atomic E-state index is -0.195. The maximum absolute atomic E-state index is 12.8. The number of aromatic nitrogens is 3. The smallest absolute Gasteiger partial charge is 0.228 e. The summed E-state index contributed by atoms with van der Waals surface area (Å²) >= 11 is 0. The topological polar surface area (TPSA) is 60.2 Å². The predicted octanol–water partition coefficient (Wildman–Crippen LogP) is 2.03. The van der Waals surface area contributed by atoms with Crippen LogP contribution in [0.3, 0.4) is 0 Å². The molecule has 1 saturated heterocycles. The van der Waals surface area contributed by atoms with E-state index in [1.165, 1.54) is 0 Å². The van der Waals surface area contributed by atoms with Gasteiger partial charge in [-0.2, -0.15) is 5.10 Å². The number of carbonyl (C=O) groups is 1. The molecule has 0 N–H and O–H groups in total. The van der Waals surface area contributed by atoms with Gasteiger partial charge < -0.3 is 9.64 Å². The number of ether oxygens (including phenoxy) is 1. The van der Waals surface area contributed by atoms with Crippen LogP contribution in [0.5, 0.6) is 0 Å². The highest BCUT2D eigenvalue weighted by Crippen LogP contribution is 2.35. The molecule has 1 aliphatic rings. The van der Waals surface area contributed by atoms with E-state index in [4.69, 9.17) is 4.74 Å². The van der Waals surface area contributed by atoms with Gasteiger partial charge in [0.15, 0.2) is 0 Å². The third-order valence-electron chi connectivity index (χ3n) is 4.23. The third-order valence-corrected chi connectivity index (χ3v) is 4.23. The van der Waals surface area contributed by atoms with Gasteiger partial charge in [0.2, 0.25) is 5.91 Å². The fourth-order valence-corrected chi connectivity index (χ4v) is 3.00. The van der Waals surface area contributed by atoms with Crippen molar-refractivity contribution >= 4 is 5.91 Å². The van der Waals surface area contributed by atoms with Crippen molar-refractivity contribution in [1.29, 1.82) is 0 Å². The summed E-state index contributed by atoms with van der Waals surface area (Å²) < 4.78 is 7.68. The van der Waals surface area contributed by atoms with Crippen LogP contribution in [-0.2, 0) is 22.6 Å². The average Bonchev–Trinajstić information content (AvgIpc) is 3.23. The van der Waals surface area contributed by atoms with Gasteiger partial charge in [-0.25, -0.2) is 0 Å². The Hall–Kier alpha value is -2.21. The molecule has 2 aromatic heterocycles. The molecule has 1 aliphatic heterocycles. The monoisotopic (exact) mass is 314 g/mol. The highest BCUT2D eigenvalue weighted by atomic mass is 16.5. The normalized spacial score (nSPS) is 20.6. The van der Waals surface area contributed by atoms with E-state index in [1.54, 1.807) is 23.5 Å². The van der Waals surface area contributed by atoms with Crippen LogP contribution in [0.15, 0.2) is 36.9 Å². The summed E-state index contributed by atoms with van der Waals surface area (Å²) in [7, 11) is 1.83. The van der Waals surface area contributed by atoms with Crippen molar-refractivity contribution in [3.63, 3.8) is 0 Å². The van der Waals surface area contributed by atoms with Crippen molar-refractivity contribution in [2.24, 2.45) is 5.92 Å². The Bertz CT molecular complexity index is 656. The van der Waals surface area contributed by atoms with Crippen LogP contribution in [0, 0.1) is 5.92 Å². The van der Waals surface area contributed by atoms with Crippen LogP contribution in [0.1, 0.15) is 30.6 Å². The van der Waals surface area contributed by atoms with Gasteiger partial charge in [-0.3, -0.25) is 14.5 Å². The average molecular weight is 314 g/mol. The molecular formula is C17H22N4O2. The van der Waals surface area contributed by atoms with Gasteiger partial charge in [-0.1, -0.05) is 6.07 Å². The zero-order valence-electron chi connectivity index (χ0n) is 13.6. The van der Waals surface area contributed by atoms with Crippen molar-refractivity contribution < 1.29 is 9.53 Å². The molecule has 3 rings (SSSR count). The van der Waals surface area contributed by atoms with Gasteiger partial charge in [-0.05, 0) is 25.0 Å². The summed E-state index contributed by atoms with van der Waals surface area (Å²) in [5.74, 6) is -0.0354. The number of carbonyl (C=O) groups excluding carboxylic acids is 1. The molecule has 0 bridgehead atoms. The van der Waals surface area contributed by atoms with Crippen LogP contribution in [-0.4, -0.2) is 39.2 Å². The Balaban J connectivity index is 1.70. The molecule has 6 heteroatoms. The van der Waals surface area contributed by atoms with E-state index in [9.17, 15) is 4.79 Å². The van der Waals surface area contributed by atoms with E-state index < -0.39 is 0 Å².